The van der Waals surface area contributed by atoms with Crippen LogP contribution in [0.5, 0.6) is 0 Å². The van der Waals surface area contributed by atoms with Crippen LogP contribution in [0, 0.1) is 0 Å². The number of likely N-dealkylation sites (N-methyl/N-ethyl adjacent to an activating group) is 1. The molecule has 1 atom stereocenters. The fourth-order valence-electron chi connectivity index (χ4n) is 2.99. The van der Waals surface area contributed by atoms with E-state index < -0.39 is 11.2 Å². The number of nitrogens with one attached hydrogen (secondary N) is 1. The van der Waals surface area contributed by atoms with E-state index in [9.17, 15) is 9.59 Å². The average Bonchev–Trinajstić information content (AvgIpc) is 2.94. The van der Waals surface area contributed by atoms with Crippen LogP contribution in [-0.4, -0.2) is 96.4 Å². The number of amides is 2. The Balaban J connectivity index is 1.76. The molecule has 2 heterocycles. The Labute approximate surface area is 168 Å². The van der Waals surface area contributed by atoms with Crippen molar-refractivity contribution in [3.8, 4) is 0 Å². The van der Waals surface area contributed by atoms with Crippen LogP contribution < -0.4 is 5.32 Å². The zero-order chi connectivity index (χ0) is 21.1. The monoisotopic (exact) mass is 397 g/mol. The Hall–Kier alpha value is -2.19. The molecule has 2 amide bonds. The highest BCUT2D eigenvalue weighted by Gasteiger charge is 2.36. The summed E-state index contributed by atoms with van der Waals surface area (Å²) in [5, 5.41) is 3.30. The minimum Gasteiger partial charge on any atom is -0.444 e. The lowest BCUT2D eigenvalue weighted by molar-refractivity contribution is 0.0137. The second kappa shape index (κ2) is 8.45. The van der Waals surface area contributed by atoms with E-state index in [2.05, 4.69) is 15.2 Å². The van der Waals surface area contributed by atoms with Crippen LogP contribution in [0.25, 0.3) is 0 Å². The quantitative estimate of drug-likeness (QED) is 0.781. The molecule has 2 rings (SSSR count). The Morgan fingerprint density at radius 3 is 2.39 bits per heavy atom. The number of hydrogen-bond donors (Lipinski definition) is 1. The summed E-state index contributed by atoms with van der Waals surface area (Å²) in [4.78, 5) is 34.3. The van der Waals surface area contributed by atoms with Gasteiger partial charge in [0.25, 0.3) is 0 Å². The lowest BCUT2D eigenvalue weighted by Gasteiger charge is -2.39. The summed E-state index contributed by atoms with van der Waals surface area (Å²) in [5.41, 5.74) is -0.997. The van der Waals surface area contributed by atoms with Crippen molar-refractivity contribution in [2.45, 2.75) is 58.8 Å². The van der Waals surface area contributed by atoms with E-state index in [0.717, 1.165) is 5.96 Å². The predicted octanol–water partition coefficient (Wildman–Crippen LogP) is 1.73. The lowest BCUT2D eigenvalue weighted by Crippen LogP contribution is -2.58. The zero-order valence-corrected chi connectivity index (χ0v) is 18.2. The van der Waals surface area contributed by atoms with Crippen molar-refractivity contribution in [1.82, 2.24) is 20.0 Å². The fourth-order valence-corrected chi connectivity index (χ4v) is 2.99. The fraction of sp³-hybridized carbons (Fsp3) is 0.842. The molecule has 1 saturated heterocycles. The van der Waals surface area contributed by atoms with Gasteiger partial charge in [0, 0.05) is 39.8 Å². The van der Waals surface area contributed by atoms with E-state index in [4.69, 9.17) is 9.47 Å². The molecule has 0 aromatic heterocycles. The van der Waals surface area contributed by atoms with Gasteiger partial charge in [0.2, 0.25) is 0 Å². The van der Waals surface area contributed by atoms with Gasteiger partial charge in [0.1, 0.15) is 11.2 Å². The molecule has 0 aromatic rings. The first-order chi connectivity index (χ1) is 12.9. The molecule has 0 bridgehead atoms. The van der Waals surface area contributed by atoms with Crippen LogP contribution in [0.3, 0.4) is 0 Å². The molecule has 0 spiro atoms. The maximum Gasteiger partial charge on any atom is 0.410 e. The molecular formula is C19H35N5O4. The normalized spacial score (nSPS) is 19.7. The Morgan fingerprint density at radius 2 is 1.79 bits per heavy atom. The maximum absolute atomic E-state index is 12.3. The van der Waals surface area contributed by atoms with Gasteiger partial charge in [-0.15, -0.1) is 0 Å². The molecule has 1 N–H and O–H groups in total. The number of nitrogens with zero attached hydrogens (tertiary/aromatic N) is 4. The summed E-state index contributed by atoms with van der Waals surface area (Å²) in [6, 6.07) is 0.160. The third kappa shape index (κ3) is 6.45. The first kappa shape index (κ1) is 22.1. The summed E-state index contributed by atoms with van der Waals surface area (Å²) >= 11 is 0. The van der Waals surface area contributed by atoms with Gasteiger partial charge < -0.3 is 29.5 Å². The van der Waals surface area contributed by atoms with Crippen LogP contribution in [0.2, 0.25) is 0 Å². The second-order valence-corrected chi connectivity index (χ2v) is 9.27. The van der Waals surface area contributed by atoms with E-state index in [1.807, 2.05) is 41.5 Å². The molecule has 160 valence electrons. The van der Waals surface area contributed by atoms with Crippen LogP contribution in [-0.2, 0) is 9.47 Å². The topological polar surface area (TPSA) is 86.7 Å². The number of carbonyl (C=O) groups is 2. The highest BCUT2D eigenvalue weighted by molar-refractivity contribution is 5.82. The van der Waals surface area contributed by atoms with Crippen molar-refractivity contribution in [1.29, 1.82) is 0 Å². The van der Waals surface area contributed by atoms with Crippen LogP contribution in [0.1, 0.15) is 41.5 Å². The van der Waals surface area contributed by atoms with E-state index in [1.165, 1.54) is 0 Å². The van der Waals surface area contributed by atoms with Gasteiger partial charge in [-0.05, 0) is 41.5 Å². The van der Waals surface area contributed by atoms with Crippen molar-refractivity contribution in [2.75, 3.05) is 46.3 Å². The number of fused-ring (bicyclic) bond motifs is 1. The summed E-state index contributed by atoms with van der Waals surface area (Å²) < 4.78 is 10.8. The Bertz CT molecular complexity index is 608. The standard InChI is InChI=1S/C19H35N5O4/c1-18(2,3)27-16(25)22(7)9-8-20-15-21-12-14-13-23(10-11-24(14)15)17(26)28-19(4,5)6/h14H,8-13H2,1-7H3,(H,20,21). The van der Waals surface area contributed by atoms with E-state index in [-0.39, 0.29) is 18.2 Å². The van der Waals surface area contributed by atoms with Crippen molar-refractivity contribution >= 4 is 18.1 Å². The van der Waals surface area contributed by atoms with Crippen LogP contribution in [0.4, 0.5) is 9.59 Å². The summed E-state index contributed by atoms with van der Waals surface area (Å²) in [6.07, 6.45) is -0.612. The number of aliphatic imine (C=N–C) groups is 1. The highest BCUT2D eigenvalue weighted by Crippen LogP contribution is 2.18. The SMILES string of the molecule is CN(CCNC1=NCC2CN(C(=O)OC(C)(C)C)CCN12)C(=O)OC(C)(C)C. The Kier molecular flexibility index (Phi) is 6.67. The molecule has 0 aliphatic carbocycles. The summed E-state index contributed by atoms with van der Waals surface area (Å²) in [5.74, 6) is 0.825. The van der Waals surface area contributed by atoms with E-state index in [0.29, 0.717) is 39.3 Å². The molecule has 9 nitrogen and oxygen atoms in total. The van der Waals surface area contributed by atoms with Crippen molar-refractivity contribution < 1.29 is 19.1 Å². The van der Waals surface area contributed by atoms with E-state index >= 15 is 0 Å². The van der Waals surface area contributed by atoms with Gasteiger partial charge in [0.05, 0.1) is 12.6 Å². The van der Waals surface area contributed by atoms with Crippen LogP contribution >= 0.6 is 0 Å². The predicted molar refractivity (Wildman–Crippen MR) is 107 cm³/mol. The third-order valence-electron chi connectivity index (χ3n) is 4.29. The molecule has 2 aliphatic rings. The van der Waals surface area contributed by atoms with Gasteiger partial charge in [-0.1, -0.05) is 0 Å². The molecule has 0 radical (unpaired) electrons. The molecule has 0 aromatic carbocycles. The smallest absolute Gasteiger partial charge is 0.410 e. The molecule has 1 unspecified atom stereocenters. The lowest BCUT2D eigenvalue weighted by atomic mass is 10.2. The minimum atomic E-state index is -0.505. The summed E-state index contributed by atoms with van der Waals surface area (Å²) in [6.45, 7) is 14.8. The minimum absolute atomic E-state index is 0.160. The number of guanidine groups is 1. The first-order valence-corrected chi connectivity index (χ1v) is 9.83. The maximum atomic E-state index is 12.3. The van der Waals surface area contributed by atoms with Crippen molar-refractivity contribution in [3.63, 3.8) is 0 Å². The summed E-state index contributed by atoms with van der Waals surface area (Å²) in [7, 11) is 1.72. The molecule has 28 heavy (non-hydrogen) atoms. The molecule has 9 heteroatoms. The first-order valence-electron chi connectivity index (χ1n) is 9.83. The Morgan fingerprint density at radius 1 is 1.14 bits per heavy atom. The zero-order valence-electron chi connectivity index (χ0n) is 18.2. The van der Waals surface area contributed by atoms with Gasteiger partial charge in [-0.2, -0.15) is 0 Å². The highest BCUT2D eigenvalue weighted by atomic mass is 16.6. The molecule has 2 aliphatic heterocycles. The second-order valence-electron chi connectivity index (χ2n) is 9.27. The number of piperazine rings is 1. The molecular weight excluding hydrogens is 362 g/mol. The number of ether oxygens (including phenoxy) is 2. The third-order valence-corrected chi connectivity index (χ3v) is 4.29. The van der Waals surface area contributed by atoms with E-state index in [1.54, 1.807) is 16.8 Å². The van der Waals surface area contributed by atoms with Gasteiger partial charge in [-0.25, -0.2) is 9.59 Å². The van der Waals surface area contributed by atoms with Crippen LogP contribution in [0.15, 0.2) is 4.99 Å². The van der Waals surface area contributed by atoms with Gasteiger partial charge in [-0.3, -0.25) is 4.99 Å². The molecule has 1 fully saturated rings. The van der Waals surface area contributed by atoms with Crippen molar-refractivity contribution in [3.05, 3.63) is 0 Å². The number of hydrogen-bond acceptors (Lipinski definition) is 7. The number of carbonyl (C=O) groups excluding carboxylic acids is 2. The van der Waals surface area contributed by atoms with Gasteiger partial charge >= 0.3 is 12.2 Å². The molecule has 0 saturated carbocycles. The average molecular weight is 398 g/mol. The van der Waals surface area contributed by atoms with Crippen molar-refractivity contribution in [2.24, 2.45) is 4.99 Å². The largest absolute Gasteiger partial charge is 0.444 e. The van der Waals surface area contributed by atoms with Gasteiger partial charge in [0.15, 0.2) is 5.96 Å². The number of rotatable bonds is 3.